The van der Waals surface area contributed by atoms with Crippen molar-refractivity contribution in [1.29, 1.82) is 0 Å². The molecule has 0 saturated carbocycles. The Morgan fingerprint density at radius 3 is 2.58 bits per heavy atom. The van der Waals surface area contributed by atoms with Crippen LogP contribution in [-0.4, -0.2) is 66.5 Å². The van der Waals surface area contributed by atoms with E-state index in [9.17, 15) is 14.3 Å². The Morgan fingerprint density at radius 2 is 1.90 bits per heavy atom. The molecule has 0 aliphatic carbocycles. The third-order valence-corrected chi connectivity index (χ3v) is 5.67. The predicted molar refractivity (Wildman–Crippen MR) is 115 cm³/mol. The Hall–Kier alpha value is -3.13. The number of piperazine rings is 1. The molecule has 0 amide bonds. The van der Waals surface area contributed by atoms with Crippen LogP contribution in [-0.2, 0) is 4.79 Å². The van der Waals surface area contributed by atoms with Crippen molar-refractivity contribution < 1.29 is 23.8 Å². The summed E-state index contributed by atoms with van der Waals surface area (Å²) in [7, 11) is 1.59. The van der Waals surface area contributed by atoms with Crippen molar-refractivity contribution in [2.24, 2.45) is 10.4 Å². The third kappa shape index (κ3) is 4.34. The highest BCUT2D eigenvalue weighted by molar-refractivity contribution is 6.03. The number of amidine groups is 1. The Morgan fingerprint density at radius 1 is 1.16 bits per heavy atom. The van der Waals surface area contributed by atoms with Crippen LogP contribution in [0.15, 0.2) is 41.4 Å². The van der Waals surface area contributed by atoms with Gasteiger partial charge in [-0.2, -0.15) is 0 Å². The molecule has 2 aliphatic rings. The van der Waals surface area contributed by atoms with E-state index < -0.39 is 11.4 Å². The first-order chi connectivity index (χ1) is 14.8. The molecule has 8 heteroatoms. The zero-order valence-electron chi connectivity index (χ0n) is 17.9. The number of fused-ring (bicyclic) bond motifs is 2. The van der Waals surface area contributed by atoms with Crippen molar-refractivity contribution in [3.05, 3.63) is 47.8 Å². The molecule has 0 bridgehead atoms. The molecule has 1 N–H and O–H groups in total. The van der Waals surface area contributed by atoms with Gasteiger partial charge < -0.3 is 19.5 Å². The number of carboxylic acid groups (broad SMARTS) is 1. The number of methoxy groups -OCH3 is 1. The molecule has 1 fully saturated rings. The fraction of sp³-hybridized carbons (Fsp3) is 0.391. The van der Waals surface area contributed by atoms with Gasteiger partial charge in [-0.1, -0.05) is 0 Å². The largest absolute Gasteiger partial charge is 0.497 e. The second-order valence-corrected chi connectivity index (χ2v) is 8.46. The summed E-state index contributed by atoms with van der Waals surface area (Å²) < 4.78 is 25.3. The van der Waals surface area contributed by atoms with E-state index >= 15 is 0 Å². The van der Waals surface area contributed by atoms with Gasteiger partial charge in [-0.15, -0.1) is 0 Å². The highest BCUT2D eigenvalue weighted by Gasteiger charge is 2.32. The molecular formula is C23H26FN3O4. The second kappa shape index (κ2) is 8.19. The van der Waals surface area contributed by atoms with Crippen molar-refractivity contribution in [2.75, 3.05) is 39.8 Å². The topological polar surface area (TPSA) is 74.6 Å². The highest BCUT2D eigenvalue weighted by Crippen LogP contribution is 2.40. The Labute approximate surface area is 180 Å². The van der Waals surface area contributed by atoms with Crippen molar-refractivity contribution in [1.82, 2.24) is 9.80 Å². The maximum Gasteiger partial charge on any atom is 0.310 e. The number of hydrogen-bond acceptors (Lipinski definition) is 6. The van der Waals surface area contributed by atoms with Crippen LogP contribution in [0.5, 0.6) is 17.2 Å². The molecule has 2 aliphatic heterocycles. The Balaban J connectivity index is 1.63. The molecule has 7 nitrogen and oxygen atoms in total. The fourth-order valence-electron chi connectivity index (χ4n) is 3.84. The lowest BCUT2D eigenvalue weighted by Crippen LogP contribution is -2.52. The number of aliphatic carboxylic acids is 1. The number of rotatable bonds is 4. The first kappa shape index (κ1) is 21.1. The van der Waals surface area contributed by atoms with Gasteiger partial charge in [0.2, 0.25) is 0 Å². The van der Waals surface area contributed by atoms with E-state index in [4.69, 9.17) is 14.5 Å². The van der Waals surface area contributed by atoms with Gasteiger partial charge in [-0.05, 0) is 38.1 Å². The minimum absolute atomic E-state index is 0.379. The summed E-state index contributed by atoms with van der Waals surface area (Å²) in [6.07, 6.45) is 0. The van der Waals surface area contributed by atoms with Crippen LogP contribution >= 0.6 is 0 Å². The summed E-state index contributed by atoms with van der Waals surface area (Å²) in [5.74, 6) is 1.13. The van der Waals surface area contributed by atoms with Crippen LogP contribution in [0, 0.1) is 11.2 Å². The van der Waals surface area contributed by atoms with Gasteiger partial charge >= 0.3 is 5.97 Å². The lowest BCUT2D eigenvalue weighted by atomic mass is 9.93. The fourth-order valence-corrected chi connectivity index (χ4v) is 3.84. The van der Waals surface area contributed by atoms with E-state index in [1.807, 2.05) is 0 Å². The lowest BCUT2D eigenvalue weighted by molar-refractivity contribution is -0.148. The van der Waals surface area contributed by atoms with Crippen molar-refractivity contribution in [3.63, 3.8) is 0 Å². The number of benzene rings is 2. The van der Waals surface area contributed by atoms with E-state index in [1.165, 1.54) is 12.1 Å². The van der Waals surface area contributed by atoms with Crippen LogP contribution < -0.4 is 9.47 Å². The van der Waals surface area contributed by atoms with Crippen LogP contribution in [0.2, 0.25) is 0 Å². The number of nitrogens with zero attached hydrogens (tertiary/aromatic N) is 3. The molecule has 31 heavy (non-hydrogen) atoms. The second-order valence-electron chi connectivity index (χ2n) is 8.46. The molecule has 2 aromatic rings. The molecule has 0 aromatic heterocycles. The highest BCUT2D eigenvalue weighted by atomic mass is 19.1. The molecule has 0 atom stereocenters. The van der Waals surface area contributed by atoms with E-state index in [0.717, 1.165) is 5.56 Å². The maximum absolute atomic E-state index is 14.0. The summed E-state index contributed by atoms with van der Waals surface area (Å²) in [5, 5.41) is 9.42. The monoisotopic (exact) mass is 427 g/mol. The normalized spacial score (nSPS) is 16.5. The summed E-state index contributed by atoms with van der Waals surface area (Å²) in [6, 6.07) is 9.80. The van der Waals surface area contributed by atoms with Crippen LogP contribution in [0.4, 0.5) is 10.1 Å². The smallest absolute Gasteiger partial charge is 0.310 e. The summed E-state index contributed by atoms with van der Waals surface area (Å²) in [6.45, 7) is 6.71. The summed E-state index contributed by atoms with van der Waals surface area (Å²) in [4.78, 5) is 20.6. The maximum atomic E-state index is 14.0. The standard InChI is InChI=1S/C23H26FN3O4/c1-23(2,22(28)29)14-26-8-10-27(11-9-26)21-17-6-4-15(24)12-20(17)31-19-7-5-16(30-3)13-18(19)25-21/h4-7,12-13H,8-11,14H2,1-3H3,(H,28,29). The minimum Gasteiger partial charge on any atom is -0.497 e. The van der Waals surface area contributed by atoms with Gasteiger partial charge in [-0.25, -0.2) is 9.38 Å². The first-order valence-corrected chi connectivity index (χ1v) is 10.2. The summed E-state index contributed by atoms with van der Waals surface area (Å²) in [5.41, 5.74) is 0.520. The van der Waals surface area contributed by atoms with Gasteiger partial charge in [0.25, 0.3) is 0 Å². The average molecular weight is 427 g/mol. The van der Waals surface area contributed by atoms with E-state index in [-0.39, 0.29) is 5.82 Å². The predicted octanol–water partition coefficient (Wildman–Crippen LogP) is 3.75. The number of hydrogen-bond donors (Lipinski definition) is 1. The van der Waals surface area contributed by atoms with E-state index in [0.29, 0.717) is 61.5 Å². The number of aliphatic imine (C=N–C) groups is 1. The zero-order chi connectivity index (χ0) is 22.2. The number of ether oxygens (including phenoxy) is 2. The van der Waals surface area contributed by atoms with Gasteiger partial charge in [-0.3, -0.25) is 9.69 Å². The first-order valence-electron chi connectivity index (χ1n) is 10.2. The van der Waals surface area contributed by atoms with Crippen LogP contribution in [0.1, 0.15) is 19.4 Å². The molecule has 0 radical (unpaired) electrons. The average Bonchev–Trinajstić information content (AvgIpc) is 2.89. The molecule has 1 saturated heterocycles. The molecule has 2 heterocycles. The van der Waals surface area contributed by atoms with Crippen molar-refractivity contribution >= 4 is 17.5 Å². The van der Waals surface area contributed by atoms with Gasteiger partial charge in [0.05, 0.1) is 18.1 Å². The van der Waals surface area contributed by atoms with Gasteiger partial charge in [0.1, 0.15) is 28.8 Å². The van der Waals surface area contributed by atoms with Gasteiger partial charge in [0.15, 0.2) is 5.75 Å². The van der Waals surface area contributed by atoms with Crippen LogP contribution in [0.25, 0.3) is 0 Å². The number of halogens is 1. The molecule has 0 unspecified atom stereocenters. The molecule has 164 valence electrons. The SMILES string of the molecule is COc1ccc2c(c1)N=C(N1CCN(CC(C)(C)C(=O)O)CC1)c1ccc(F)cc1O2. The molecule has 0 spiro atoms. The van der Waals surface area contributed by atoms with E-state index in [1.54, 1.807) is 45.2 Å². The Kier molecular flexibility index (Phi) is 5.58. The quantitative estimate of drug-likeness (QED) is 0.801. The molecule has 2 aromatic carbocycles. The minimum atomic E-state index is -0.810. The third-order valence-electron chi connectivity index (χ3n) is 5.67. The van der Waals surface area contributed by atoms with Crippen molar-refractivity contribution in [2.45, 2.75) is 13.8 Å². The summed E-state index contributed by atoms with van der Waals surface area (Å²) >= 11 is 0. The van der Waals surface area contributed by atoms with E-state index in [2.05, 4.69) is 9.80 Å². The molecular weight excluding hydrogens is 401 g/mol. The molecule has 4 rings (SSSR count). The number of carboxylic acids is 1. The van der Waals surface area contributed by atoms with Crippen molar-refractivity contribution in [3.8, 4) is 17.2 Å². The number of carbonyl (C=O) groups is 1. The van der Waals surface area contributed by atoms with Gasteiger partial charge in [0, 0.05) is 44.9 Å². The van der Waals surface area contributed by atoms with Crippen LogP contribution in [0.3, 0.4) is 0 Å². The Bertz CT molecular complexity index is 1030. The zero-order valence-corrected chi connectivity index (χ0v) is 17.9. The lowest BCUT2D eigenvalue weighted by Gasteiger charge is -2.38.